The third-order valence-electron chi connectivity index (χ3n) is 10.6. The van der Waals surface area contributed by atoms with Crippen molar-refractivity contribution in [3.05, 3.63) is 112 Å². The van der Waals surface area contributed by atoms with Crippen LogP contribution in [0.25, 0.3) is 33.8 Å². The highest BCUT2D eigenvalue weighted by Crippen LogP contribution is 2.31. The van der Waals surface area contributed by atoms with E-state index in [-0.39, 0.29) is 11.8 Å². The Labute approximate surface area is 379 Å². The van der Waals surface area contributed by atoms with Crippen molar-refractivity contribution in [3.8, 4) is 22.5 Å². The van der Waals surface area contributed by atoms with E-state index >= 15 is 0 Å². The first kappa shape index (κ1) is 44.2. The molecule has 0 saturated heterocycles. The second-order valence-corrected chi connectivity index (χ2v) is 18.6. The number of aromatic nitrogens is 7. The Hall–Kier alpha value is -6.43. The Morgan fingerprint density at radius 1 is 0.688 bits per heavy atom. The molecular weight excluding hydrogens is 877 g/mol. The standard InChI is InChI=1S/C26H29N7O2.C21H24BrN5O2/c1-16-12-17(4-7-20(16)25(34)31-18-5-6-18)22-14-28-24-21(29-15-26(2,3)35)13-23(32-33(22)24)30-19-8-10-27-11-9-19;1-12-8-13(4-7-15(12)20(28)25-14-5-6-14)17-10-23-19-16(24-11-21(2,3)29)9-18(22)26-27(17)19/h4,7-14,18,29,35H,5-6,15H2,1-3H3,(H,31,34)(H,27,30,32);4,7-10,14,24,29H,5-6,11H2,1-3H3,(H,25,28). The number of anilines is 4. The molecule has 7 aromatic rings. The quantitative estimate of drug-likeness (QED) is 0.0568. The topological polar surface area (TPSA) is 208 Å². The number of aryl methyl sites for hydroxylation is 2. The van der Waals surface area contributed by atoms with Gasteiger partial charge in [0.1, 0.15) is 4.60 Å². The van der Waals surface area contributed by atoms with Crippen molar-refractivity contribution in [1.82, 2.24) is 44.8 Å². The number of carbonyl (C=O) groups is 2. The summed E-state index contributed by atoms with van der Waals surface area (Å²) in [6.07, 6.45) is 11.2. The van der Waals surface area contributed by atoms with E-state index in [4.69, 9.17) is 5.10 Å². The molecule has 2 saturated carbocycles. The molecule has 16 nitrogen and oxygen atoms in total. The van der Waals surface area contributed by atoms with Crippen molar-refractivity contribution in [2.24, 2.45) is 0 Å². The molecule has 2 amide bonds. The highest BCUT2D eigenvalue weighted by Gasteiger charge is 2.26. The molecule has 0 atom stereocenters. The minimum Gasteiger partial charge on any atom is -0.389 e. The summed E-state index contributed by atoms with van der Waals surface area (Å²) >= 11 is 3.45. The van der Waals surface area contributed by atoms with Gasteiger partial charge >= 0.3 is 0 Å². The number of nitrogens with one attached hydrogen (secondary N) is 5. The van der Waals surface area contributed by atoms with E-state index < -0.39 is 11.2 Å². The van der Waals surface area contributed by atoms with Crippen LogP contribution in [-0.2, 0) is 0 Å². The van der Waals surface area contributed by atoms with Crippen LogP contribution in [0.15, 0.2) is 90.1 Å². The summed E-state index contributed by atoms with van der Waals surface area (Å²) in [5.41, 5.74) is 8.53. The molecule has 0 unspecified atom stereocenters. The van der Waals surface area contributed by atoms with Crippen molar-refractivity contribution in [2.75, 3.05) is 29.0 Å². The number of amides is 2. The van der Waals surface area contributed by atoms with E-state index in [0.717, 1.165) is 76.4 Å². The molecule has 2 aromatic carbocycles. The highest BCUT2D eigenvalue weighted by molar-refractivity contribution is 9.10. The predicted molar refractivity (Wildman–Crippen MR) is 252 cm³/mol. The Morgan fingerprint density at radius 2 is 1.16 bits per heavy atom. The summed E-state index contributed by atoms with van der Waals surface area (Å²) in [6.45, 7) is 11.6. The maximum absolute atomic E-state index is 12.6. The summed E-state index contributed by atoms with van der Waals surface area (Å²) in [5.74, 6) is 0.557. The lowest BCUT2D eigenvalue weighted by molar-refractivity contribution is 0.0939. The first-order valence-electron chi connectivity index (χ1n) is 21.3. The maximum Gasteiger partial charge on any atom is 0.251 e. The van der Waals surface area contributed by atoms with E-state index in [9.17, 15) is 19.8 Å². The van der Waals surface area contributed by atoms with Crippen LogP contribution in [0.4, 0.5) is 22.9 Å². The van der Waals surface area contributed by atoms with Crippen LogP contribution in [0.2, 0.25) is 0 Å². The fourth-order valence-electron chi connectivity index (χ4n) is 6.97. The van der Waals surface area contributed by atoms with Crippen LogP contribution in [0, 0.1) is 13.8 Å². The molecular formula is C47H53BrN12O4. The lowest BCUT2D eigenvalue weighted by Gasteiger charge is -2.19. The number of hydrogen-bond acceptors (Lipinski definition) is 12. The van der Waals surface area contributed by atoms with Gasteiger partial charge in [0, 0.05) is 71.6 Å². The summed E-state index contributed by atoms with van der Waals surface area (Å²) in [5, 5.41) is 45.5. The zero-order valence-electron chi connectivity index (χ0n) is 36.7. The summed E-state index contributed by atoms with van der Waals surface area (Å²) in [6, 6.07) is 19.6. The van der Waals surface area contributed by atoms with Gasteiger partial charge in [-0.05, 0) is 137 Å². The zero-order chi connectivity index (χ0) is 45.3. The van der Waals surface area contributed by atoms with Gasteiger partial charge < -0.3 is 36.8 Å². The Morgan fingerprint density at radius 3 is 1.61 bits per heavy atom. The number of pyridine rings is 1. The monoisotopic (exact) mass is 928 g/mol. The summed E-state index contributed by atoms with van der Waals surface area (Å²) < 4.78 is 4.18. The third kappa shape index (κ3) is 10.8. The molecule has 5 aromatic heterocycles. The van der Waals surface area contributed by atoms with Gasteiger partial charge in [-0.1, -0.05) is 12.1 Å². The van der Waals surface area contributed by atoms with Crippen LogP contribution in [0.1, 0.15) is 85.2 Å². The van der Waals surface area contributed by atoms with Crippen LogP contribution < -0.4 is 26.6 Å². The van der Waals surface area contributed by atoms with E-state index in [1.54, 1.807) is 61.5 Å². The van der Waals surface area contributed by atoms with Crippen molar-refractivity contribution in [2.45, 2.75) is 90.5 Å². The second-order valence-electron chi connectivity index (χ2n) is 17.8. The van der Waals surface area contributed by atoms with Gasteiger partial charge in [0.2, 0.25) is 0 Å². The normalized spacial score (nSPS) is 13.9. The molecule has 7 N–H and O–H groups in total. The number of hydrogen-bond donors (Lipinski definition) is 7. The van der Waals surface area contributed by atoms with Crippen molar-refractivity contribution >= 4 is 61.9 Å². The second kappa shape index (κ2) is 18.0. The maximum atomic E-state index is 12.6. The predicted octanol–water partition coefficient (Wildman–Crippen LogP) is 7.46. The van der Waals surface area contributed by atoms with E-state index in [1.807, 2.05) is 74.5 Å². The van der Waals surface area contributed by atoms with Gasteiger partial charge in [0.15, 0.2) is 17.1 Å². The number of benzene rings is 2. The molecule has 0 bridgehead atoms. The number of imidazole rings is 2. The largest absolute Gasteiger partial charge is 0.389 e. The van der Waals surface area contributed by atoms with E-state index in [0.29, 0.717) is 58.0 Å². The molecule has 0 aliphatic heterocycles. The number of fused-ring (bicyclic) bond motifs is 2. The smallest absolute Gasteiger partial charge is 0.251 e. The van der Waals surface area contributed by atoms with Gasteiger partial charge in [-0.25, -0.2) is 19.0 Å². The fourth-order valence-corrected chi connectivity index (χ4v) is 7.35. The van der Waals surface area contributed by atoms with Crippen LogP contribution >= 0.6 is 15.9 Å². The highest BCUT2D eigenvalue weighted by atomic mass is 79.9. The van der Waals surface area contributed by atoms with E-state index in [2.05, 4.69) is 62.6 Å². The number of nitrogens with zero attached hydrogens (tertiary/aromatic N) is 7. The molecule has 9 rings (SSSR count). The van der Waals surface area contributed by atoms with Gasteiger partial charge in [-0.2, -0.15) is 5.10 Å². The zero-order valence-corrected chi connectivity index (χ0v) is 38.3. The Kier molecular flexibility index (Phi) is 12.4. The van der Waals surface area contributed by atoms with Crippen LogP contribution in [0.3, 0.4) is 0 Å². The van der Waals surface area contributed by atoms with Crippen molar-refractivity contribution < 1.29 is 19.8 Å². The number of aliphatic hydroxyl groups is 2. The average Bonchev–Trinajstić information content (AvgIpc) is 4.15. The Balaban J connectivity index is 0.000000178. The number of carbonyl (C=O) groups excluding carboxylic acids is 2. The van der Waals surface area contributed by atoms with Crippen molar-refractivity contribution in [1.29, 1.82) is 0 Å². The minimum absolute atomic E-state index is 0.0198. The number of halogens is 1. The molecule has 2 fully saturated rings. The van der Waals surface area contributed by atoms with Gasteiger partial charge in [-0.15, -0.1) is 5.10 Å². The van der Waals surface area contributed by atoms with Gasteiger partial charge in [-0.3, -0.25) is 14.6 Å². The third-order valence-corrected chi connectivity index (χ3v) is 11.0. The van der Waals surface area contributed by atoms with Crippen LogP contribution in [-0.4, -0.2) is 92.6 Å². The molecule has 5 heterocycles. The molecule has 17 heteroatoms. The van der Waals surface area contributed by atoms with E-state index in [1.165, 1.54) is 0 Å². The van der Waals surface area contributed by atoms with Gasteiger partial charge in [0.25, 0.3) is 11.8 Å². The molecule has 0 spiro atoms. The lowest BCUT2D eigenvalue weighted by Crippen LogP contribution is -2.29. The lowest BCUT2D eigenvalue weighted by atomic mass is 10.0. The SMILES string of the molecule is Cc1cc(-c2cnc3c(NCC(C)(C)O)cc(Br)nn23)ccc1C(=O)NC1CC1.Cc1cc(-c2cnc3c(NCC(C)(C)O)cc(Nc4ccncc4)nn23)ccc1C(=O)NC1CC1. The van der Waals surface area contributed by atoms with Crippen molar-refractivity contribution in [3.63, 3.8) is 0 Å². The molecule has 0 radical (unpaired) electrons. The molecule has 64 heavy (non-hydrogen) atoms. The average molecular weight is 930 g/mol. The van der Waals surface area contributed by atoms with Gasteiger partial charge in [0.05, 0.1) is 46.4 Å². The first-order valence-corrected chi connectivity index (χ1v) is 22.1. The first-order chi connectivity index (χ1) is 30.5. The molecule has 332 valence electrons. The fraction of sp³-hybridized carbons (Fsp3) is 0.340. The molecule has 2 aliphatic rings. The van der Waals surface area contributed by atoms with Crippen LogP contribution in [0.5, 0.6) is 0 Å². The number of rotatable bonds is 14. The Bertz CT molecular complexity index is 2840. The molecule has 2 aliphatic carbocycles. The summed E-state index contributed by atoms with van der Waals surface area (Å²) in [4.78, 5) is 38.2. The minimum atomic E-state index is -0.900. The summed E-state index contributed by atoms with van der Waals surface area (Å²) in [7, 11) is 0.